The smallest absolute Gasteiger partial charge is 0.341 e. The van der Waals surface area contributed by atoms with Gasteiger partial charge in [0, 0.05) is 23.6 Å². The van der Waals surface area contributed by atoms with Crippen molar-refractivity contribution in [2.24, 2.45) is 0 Å². The van der Waals surface area contributed by atoms with Crippen molar-refractivity contribution < 1.29 is 23.5 Å². The van der Waals surface area contributed by atoms with Crippen molar-refractivity contribution in [3.8, 4) is 16.9 Å². The van der Waals surface area contributed by atoms with E-state index in [-0.39, 0.29) is 23.3 Å². The van der Waals surface area contributed by atoms with Crippen LogP contribution in [0.5, 0.6) is 5.75 Å². The number of aryl methyl sites for hydroxylation is 2. The third kappa shape index (κ3) is 6.72. The Labute approximate surface area is 244 Å². The molecule has 12 heteroatoms. The zero-order valence-electron chi connectivity index (χ0n) is 22.0. The molecule has 2 heterocycles. The minimum atomic E-state index is -0.538. The second kappa shape index (κ2) is 13.1. The second-order valence-electron chi connectivity index (χ2n) is 8.66. The van der Waals surface area contributed by atoms with Crippen LogP contribution >= 0.6 is 34.7 Å². The van der Waals surface area contributed by atoms with Gasteiger partial charge >= 0.3 is 5.97 Å². The average Bonchev–Trinajstić information content (AvgIpc) is 3.53. The molecule has 1 amide bonds. The first kappa shape index (κ1) is 29.3. The Morgan fingerprint density at radius 3 is 2.73 bits per heavy atom. The second-order valence-corrected chi connectivity index (χ2v) is 10.9. The van der Waals surface area contributed by atoms with Gasteiger partial charge in [-0.1, -0.05) is 53.2 Å². The van der Waals surface area contributed by atoms with Crippen LogP contribution in [0.2, 0.25) is 5.02 Å². The Balaban J connectivity index is 1.47. The van der Waals surface area contributed by atoms with Crippen molar-refractivity contribution in [1.82, 2.24) is 14.8 Å². The average molecular weight is 601 g/mol. The number of nitrogens with one attached hydrogen (secondary N) is 1. The zero-order valence-corrected chi connectivity index (χ0v) is 24.4. The fraction of sp³-hybridized carbons (Fsp3) is 0.214. The summed E-state index contributed by atoms with van der Waals surface area (Å²) in [5.74, 6) is -0.502. The van der Waals surface area contributed by atoms with Crippen LogP contribution in [0.25, 0.3) is 11.1 Å². The maximum atomic E-state index is 13.4. The molecule has 208 valence electrons. The first-order valence-corrected chi connectivity index (χ1v) is 14.3. The third-order valence-electron chi connectivity index (χ3n) is 5.81. The minimum absolute atomic E-state index is 0.0149. The summed E-state index contributed by atoms with van der Waals surface area (Å²) in [6, 6.07) is 10.1. The molecule has 0 unspecified atom stereocenters. The summed E-state index contributed by atoms with van der Waals surface area (Å²) >= 11 is 8.27. The van der Waals surface area contributed by atoms with Gasteiger partial charge in [0.1, 0.15) is 28.7 Å². The number of methoxy groups -OCH3 is 1. The van der Waals surface area contributed by atoms with Crippen molar-refractivity contribution in [3.05, 3.63) is 87.8 Å². The van der Waals surface area contributed by atoms with Crippen LogP contribution < -0.4 is 10.1 Å². The number of thioether (sulfide) groups is 1. The highest BCUT2D eigenvalue weighted by Crippen LogP contribution is 2.38. The van der Waals surface area contributed by atoms with Crippen LogP contribution in [0.15, 0.2) is 59.6 Å². The number of allylic oxidation sites excluding steroid dienone is 1. The number of carbonyl (C=O) groups is 2. The Bertz CT molecular complexity index is 1570. The molecule has 0 bridgehead atoms. The number of anilines is 1. The molecule has 4 aromatic rings. The molecule has 40 heavy (non-hydrogen) atoms. The highest BCUT2D eigenvalue weighted by Gasteiger charge is 2.24. The predicted octanol–water partition coefficient (Wildman–Crippen LogP) is 6.70. The lowest BCUT2D eigenvalue weighted by molar-refractivity contribution is -0.113. The Hall–Kier alpha value is -3.67. The summed E-state index contributed by atoms with van der Waals surface area (Å²) in [5, 5.41) is 13.9. The molecular weight excluding hydrogens is 575 g/mol. The largest absolute Gasteiger partial charge is 0.486 e. The molecule has 8 nitrogen and oxygen atoms in total. The van der Waals surface area contributed by atoms with Crippen molar-refractivity contribution in [2.45, 2.75) is 32.2 Å². The number of halogens is 2. The summed E-state index contributed by atoms with van der Waals surface area (Å²) in [4.78, 5) is 25.7. The first-order chi connectivity index (χ1) is 19.2. The van der Waals surface area contributed by atoms with Gasteiger partial charge in [0.15, 0.2) is 11.0 Å². The number of aromatic nitrogens is 3. The van der Waals surface area contributed by atoms with E-state index < -0.39 is 11.8 Å². The molecule has 1 N–H and O–H groups in total. The Morgan fingerprint density at radius 2 is 2.00 bits per heavy atom. The van der Waals surface area contributed by atoms with E-state index in [1.54, 1.807) is 10.6 Å². The molecule has 0 spiro atoms. The fourth-order valence-electron chi connectivity index (χ4n) is 3.83. The fourth-order valence-corrected chi connectivity index (χ4v) is 5.73. The molecule has 2 aromatic carbocycles. The predicted molar refractivity (Wildman–Crippen MR) is 156 cm³/mol. The number of carbonyl (C=O) groups excluding carboxylic acids is 2. The normalized spacial score (nSPS) is 10.8. The van der Waals surface area contributed by atoms with Gasteiger partial charge in [-0.3, -0.25) is 9.36 Å². The topological polar surface area (TPSA) is 95.3 Å². The van der Waals surface area contributed by atoms with Crippen LogP contribution in [0.1, 0.15) is 27.3 Å². The molecule has 0 aliphatic carbocycles. The van der Waals surface area contributed by atoms with E-state index in [1.807, 2.05) is 37.4 Å². The van der Waals surface area contributed by atoms with Crippen LogP contribution in [-0.4, -0.2) is 39.5 Å². The quantitative estimate of drug-likeness (QED) is 0.116. The highest BCUT2D eigenvalue weighted by molar-refractivity contribution is 7.99. The lowest BCUT2D eigenvalue weighted by Gasteiger charge is -2.11. The summed E-state index contributed by atoms with van der Waals surface area (Å²) in [6.45, 7) is 8.16. The number of amides is 1. The van der Waals surface area contributed by atoms with Gasteiger partial charge in [-0.15, -0.1) is 28.1 Å². The molecule has 0 saturated heterocycles. The van der Waals surface area contributed by atoms with Gasteiger partial charge in [0.05, 0.1) is 17.9 Å². The molecule has 0 aliphatic heterocycles. The Kier molecular flexibility index (Phi) is 9.62. The van der Waals surface area contributed by atoms with Crippen LogP contribution in [0.4, 0.5) is 9.39 Å². The van der Waals surface area contributed by atoms with E-state index in [4.69, 9.17) is 21.1 Å². The number of esters is 1. The monoisotopic (exact) mass is 600 g/mol. The van der Waals surface area contributed by atoms with Crippen molar-refractivity contribution >= 4 is 51.6 Å². The first-order valence-electron chi connectivity index (χ1n) is 12.0. The molecule has 2 aromatic heterocycles. The van der Waals surface area contributed by atoms with E-state index in [9.17, 15) is 14.0 Å². The van der Waals surface area contributed by atoms with Gasteiger partial charge in [0.25, 0.3) is 0 Å². The zero-order chi connectivity index (χ0) is 28.8. The number of rotatable bonds is 11. The maximum absolute atomic E-state index is 13.4. The van der Waals surface area contributed by atoms with Crippen LogP contribution in [-0.2, 0) is 22.7 Å². The number of benzene rings is 2. The van der Waals surface area contributed by atoms with Crippen molar-refractivity contribution in [3.63, 3.8) is 0 Å². The van der Waals surface area contributed by atoms with Gasteiger partial charge in [-0.2, -0.15) is 0 Å². The number of hydrogen-bond acceptors (Lipinski definition) is 8. The lowest BCUT2D eigenvalue weighted by atomic mass is 9.97. The van der Waals surface area contributed by atoms with Crippen molar-refractivity contribution in [2.75, 3.05) is 18.2 Å². The highest BCUT2D eigenvalue weighted by atomic mass is 35.5. The molecule has 0 radical (unpaired) electrons. The molecule has 0 aliphatic rings. The number of thiophene rings is 1. The van der Waals surface area contributed by atoms with E-state index in [2.05, 4.69) is 22.1 Å². The van der Waals surface area contributed by atoms with E-state index >= 15 is 0 Å². The summed E-state index contributed by atoms with van der Waals surface area (Å²) in [5.41, 5.74) is 3.99. The number of hydrogen-bond donors (Lipinski definition) is 1. The third-order valence-corrected chi connectivity index (χ3v) is 7.97. The van der Waals surface area contributed by atoms with Crippen molar-refractivity contribution in [1.29, 1.82) is 0 Å². The van der Waals surface area contributed by atoms with Gasteiger partial charge in [-0.05, 0) is 37.1 Å². The molecule has 0 fully saturated rings. The van der Waals surface area contributed by atoms with E-state index in [0.29, 0.717) is 39.4 Å². The summed E-state index contributed by atoms with van der Waals surface area (Å²) < 4.78 is 25.9. The van der Waals surface area contributed by atoms with E-state index in [0.717, 1.165) is 16.7 Å². The lowest BCUT2D eigenvalue weighted by Crippen LogP contribution is -2.16. The summed E-state index contributed by atoms with van der Waals surface area (Å²) in [6.07, 6.45) is 1.68. The standard InChI is InChI=1S/C28H26ClFN4O4S2/c1-5-10-34-23(13-38-18-8-9-22(30)21(29)12-18)32-33-28(34)40-15-24(35)31-26-25(27(36)37-4)20(14-39-26)19-11-16(2)6-7-17(19)3/h5-9,11-12,14H,1,10,13,15H2,2-4H3,(H,31,35). The number of nitrogens with zero attached hydrogens (tertiary/aromatic N) is 3. The van der Waals surface area contributed by atoms with Crippen LogP contribution in [0.3, 0.4) is 0 Å². The molecule has 0 atom stereocenters. The van der Waals surface area contributed by atoms with E-state index in [1.165, 1.54) is 48.4 Å². The SMILES string of the molecule is C=CCn1c(COc2ccc(F)c(Cl)c2)nnc1SCC(=O)Nc1scc(-c2cc(C)ccc2C)c1C(=O)OC. The molecular formula is C28H26ClFN4O4S2. The van der Waals surface area contributed by atoms with Gasteiger partial charge < -0.3 is 14.8 Å². The van der Waals surface area contributed by atoms with Gasteiger partial charge in [0.2, 0.25) is 5.91 Å². The summed E-state index contributed by atoms with van der Waals surface area (Å²) in [7, 11) is 1.31. The van der Waals surface area contributed by atoms with Gasteiger partial charge in [-0.25, -0.2) is 9.18 Å². The number of ether oxygens (including phenoxy) is 2. The Morgan fingerprint density at radius 1 is 1.20 bits per heavy atom. The molecule has 4 rings (SSSR count). The molecule has 0 saturated carbocycles. The minimum Gasteiger partial charge on any atom is -0.486 e. The maximum Gasteiger partial charge on any atom is 0.341 e. The van der Waals surface area contributed by atoms with Crippen LogP contribution in [0, 0.1) is 19.7 Å².